The quantitative estimate of drug-likeness (QED) is 0.547. The van der Waals surface area contributed by atoms with Gasteiger partial charge in [0, 0.05) is 19.7 Å². The lowest BCUT2D eigenvalue weighted by Crippen LogP contribution is -2.24. The van der Waals surface area contributed by atoms with E-state index >= 15 is 0 Å². The maximum Gasteiger partial charge on any atom is 0.159 e. The summed E-state index contributed by atoms with van der Waals surface area (Å²) in [5, 5.41) is 0. The van der Waals surface area contributed by atoms with Gasteiger partial charge in [-0.05, 0) is 12.1 Å². The fourth-order valence-corrected chi connectivity index (χ4v) is 4.01. The Labute approximate surface area is 163 Å². The van der Waals surface area contributed by atoms with E-state index in [0.717, 1.165) is 33.8 Å². The van der Waals surface area contributed by atoms with Gasteiger partial charge < -0.3 is 18.6 Å². The summed E-state index contributed by atoms with van der Waals surface area (Å²) in [6.07, 6.45) is 1.88. The molecule has 1 aliphatic rings. The van der Waals surface area contributed by atoms with E-state index in [9.17, 15) is 0 Å². The van der Waals surface area contributed by atoms with Crippen molar-refractivity contribution < 1.29 is 9.47 Å². The minimum absolute atomic E-state index is 0.00809. The molecule has 1 fully saturated rings. The third kappa shape index (κ3) is 2.65. The van der Waals surface area contributed by atoms with Gasteiger partial charge >= 0.3 is 0 Å². The lowest BCUT2D eigenvalue weighted by atomic mass is 10.1. The van der Waals surface area contributed by atoms with Gasteiger partial charge in [-0.2, -0.15) is 0 Å². The summed E-state index contributed by atoms with van der Waals surface area (Å²) in [6, 6.07) is 18.5. The minimum Gasteiger partial charge on any atom is -0.377 e. The Hall–Kier alpha value is -2.96. The Balaban J connectivity index is 1.76. The van der Waals surface area contributed by atoms with Gasteiger partial charge in [0.2, 0.25) is 0 Å². The summed E-state index contributed by atoms with van der Waals surface area (Å²) < 4.78 is 15.7. The van der Waals surface area contributed by atoms with Crippen LogP contribution in [0.1, 0.15) is 6.04 Å². The number of fused-ring (bicyclic) bond motifs is 1. The molecule has 2 aromatic carbocycles. The van der Waals surface area contributed by atoms with E-state index in [1.54, 1.807) is 7.11 Å². The fourth-order valence-electron chi connectivity index (χ4n) is 4.01. The van der Waals surface area contributed by atoms with E-state index in [4.69, 9.17) is 19.4 Å². The molecule has 2 aromatic heterocycles. The largest absolute Gasteiger partial charge is 0.377 e. The zero-order valence-electron chi connectivity index (χ0n) is 15.9. The summed E-state index contributed by atoms with van der Waals surface area (Å²) in [4.78, 5) is 9.73. The van der Waals surface area contributed by atoms with Gasteiger partial charge in [-0.3, -0.25) is 0 Å². The highest BCUT2D eigenvalue weighted by molar-refractivity contribution is 5.84. The standard InChI is InChI=1S/C22H22N4O2/c1-25-17-11-7-6-10-16(17)24-22(25)21-20(15-8-4-3-5-9-15)23-14-26(21)18-12-28-13-19(18)27-2/h3-11,14,18-19H,12-13H2,1-2H3/t18-,19-/m1/s1. The molecule has 3 heterocycles. The van der Waals surface area contributed by atoms with Crippen LogP contribution in [-0.2, 0) is 16.5 Å². The number of para-hydroxylation sites is 2. The van der Waals surface area contributed by atoms with Gasteiger partial charge in [0.05, 0.1) is 42.3 Å². The number of methoxy groups -OCH3 is 1. The number of aryl methyl sites for hydroxylation is 1. The molecular formula is C22H22N4O2. The molecule has 6 heteroatoms. The van der Waals surface area contributed by atoms with Crippen molar-refractivity contribution in [2.45, 2.75) is 12.1 Å². The molecule has 0 saturated carbocycles. The highest BCUT2D eigenvalue weighted by atomic mass is 16.5. The lowest BCUT2D eigenvalue weighted by Gasteiger charge is -2.20. The average Bonchev–Trinajstić information content (AvgIpc) is 3.45. The molecule has 4 aromatic rings. The van der Waals surface area contributed by atoms with Gasteiger partial charge in [-0.1, -0.05) is 42.5 Å². The smallest absolute Gasteiger partial charge is 0.159 e. The molecule has 1 saturated heterocycles. The van der Waals surface area contributed by atoms with E-state index in [-0.39, 0.29) is 12.1 Å². The van der Waals surface area contributed by atoms with Gasteiger partial charge in [0.15, 0.2) is 5.82 Å². The van der Waals surface area contributed by atoms with Crippen molar-refractivity contribution in [3.63, 3.8) is 0 Å². The molecular weight excluding hydrogens is 352 g/mol. The second-order valence-electron chi connectivity index (χ2n) is 7.08. The number of rotatable bonds is 4. The molecule has 28 heavy (non-hydrogen) atoms. The topological polar surface area (TPSA) is 54.1 Å². The van der Waals surface area contributed by atoms with Crippen molar-refractivity contribution in [3.8, 4) is 22.8 Å². The number of imidazole rings is 2. The normalized spacial score (nSPS) is 19.5. The molecule has 0 N–H and O–H groups in total. The molecule has 0 radical (unpaired) electrons. The first kappa shape index (κ1) is 17.2. The summed E-state index contributed by atoms with van der Waals surface area (Å²) in [7, 11) is 3.78. The molecule has 5 rings (SSSR count). The van der Waals surface area contributed by atoms with E-state index in [2.05, 4.69) is 34.4 Å². The van der Waals surface area contributed by atoms with Crippen LogP contribution in [0.2, 0.25) is 0 Å². The Morgan fingerprint density at radius 3 is 2.61 bits per heavy atom. The zero-order chi connectivity index (χ0) is 19.1. The summed E-state index contributed by atoms with van der Waals surface area (Å²) in [5.74, 6) is 0.888. The zero-order valence-corrected chi connectivity index (χ0v) is 15.9. The first-order valence-electron chi connectivity index (χ1n) is 9.42. The van der Waals surface area contributed by atoms with E-state index in [1.807, 2.05) is 42.7 Å². The van der Waals surface area contributed by atoms with Crippen molar-refractivity contribution in [3.05, 3.63) is 60.9 Å². The SMILES string of the molecule is CO[C@@H]1COC[C@H]1n1cnc(-c2ccccc2)c1-c1nc2ccccc2n1C. The van der Waals surface area contributed by atoms with Gasteiger partial charge in [-0.25, -0.2) is 9.97 Å². The lowest BCUT2D eigenvalue weighted by molar-refractivity contribution is 0.0688. The first-order chi connectivity index (χ1) is 13.8. The Kier molecular flexibility index (Phi) is 4.22. The van der Waals surface area contributed by atoms with Crippen LogP contribution < -0.4 is 0 Å². The second-order valence-corrected chi connectivity index (χ2v) is 7.08. The number of aromatic nitrogens is 4. The van der Waals surface area contributed by atoms with Crippen molar-refractivity contribution in [2.75, 3.05) is 20.3 Å². The Morgan fingerprint density at radius 2 is 1.82 bits per heavy atom. The van der Waals surface area contributed by atoms with Crippen LogP contribution in [0, 0.1) is 0 Å². The van der Waals surface area contributed by atoms with E-state index in [1.165, 1.54) is 0 Å². The van der Waals surface area contributed by atoms with Gasteiger partial charge in [0.25, 0.3) is 0 Å². The first-order valence-corrected chi connectivity index (χ1v) is 9.42. The molecule has 0 aliphatic carbocycles. The molecule has 0 bridgehead atoms. The molecule has 6 nitrogen and oxygen atoms in total. The van der Waals surface area contributed by atoms with Crippen LogP contribution in [0.3, 0.4) is 0 Å². The van der Waals surface area contributed by atoms with Crippen LogP contribution in [0.25, 0.3) is 33.8 Å². The number of nitrogens with zero attached hydrogens (tertiary/aromatic N) is 4. The molecule has 0 unspecified atom stereocenters. The number of hydrogen-bond acceptors (Lipinski definition) is 4. The van der Waals surface area contributed by atoms with Crippen LogP contribution in [0.4, 0.5) is 0 Å². The maximum atomic E-state index is 5.71. The average molecular weight is 374 g/mol. The molecule has 0 spiro atoms. The third-order valence-corrected chi connectivity index (χ3v) is 5.50. The number of ether oxygens (including phenoxy) is 2. The number of benzene rings is 2. The van der Waals surface area contributed by atoms with E-state index in [0.29, 0.717) is 13.2 Å². The van der Waals surface area contributed by atoms with Crippen LogP contribution >= 0.6 is 0 Å². The predicted octanol–water partition coefficient (Wildman–Crippen LogP) is 3.69. The van der Waals surface area contributed by atoms with Crippen LogP contribution in [-0.4, -0.2) is 45.5 Å². The summed E-state index contributed by atoms with van der Waals surface area (Å²) in [5.41, 5.74) is 5.03. The maximum absolute atomic E-state index is 5.71. The second kappa shape index (κ2) is 6.89. The van der Waals surface area contributed by atoms with Crippen molar-refractivity contribution in [2.24, 2.45) is 7.05 Å². The summed E-state index contributed by atoms with van der Waals surface area (Å²) >= 11 is 0. The minimum atomic E-state index is -0.00809. The van der Waals surface area contributed by atoms with Gasteiger partial charge in [0.1, 0.15) is 11.8 Å². The Morgan fingerprint density at radius 1 is 1.04 bits per heavy atom. The van der Waals surface area contributed by atoms with Crippen LogP contribution in [0.5, 0.6) is 0 Å². The van der Waals surface area contributed by atoms with E-state index < -0.39 is 0 Å². The highest BCUT2D eigenvalue weighted by Crippen LogP contribution is 2.36. The van der Waals surface area contributed by atoms with Crippen LogP contribution in [0.15, 0.2) is 60.9 Å². The number of hydrogen-bond donors (Lipinski definition) is 0. The highest BCUT2D eigenvalue weighted by Gasteiger charge is 2.33. The summed E-state index contributed by atoms with van der Waals surface area (Å²) in [6.45, 7) is 1.18. The fraction of sp³-hybridized carbons (Fsp3) is 0.273. The molecule has 0 amide bonds. The monoisotopic (exact) mass is 374 g/mol. The molecule has 2 atom stereocenters. The Bertz CT molecular complexity index is 1120. The third-order valence-electron chi connectivity index (χ3n) is 5.50. The molecule has 1 aliphatic heterocycles. The van der Waals surface area contributed by atoms with Crippen molar-refractivity contribution in [1.82, 2.24) is 19.1 Å². The predicted molar refractivity (Wildman–Crippen MR) is 108 cm³/mol. The molecule has 142 valence electrons. The van der Waals surface area contributed by atoms with Crippen molar-refractivity contribution in [1.29, 1.82) is 0 Å². The van der Waals surface area contributed by atoms with Crippen molar-refractivity contribution >= 4 is 11.0 Å². The van der Waals surface area contributed by atoms with Gasteiger partial charge in [-0.15, -0.1) is 0 Å².